The van der Waals surface area contributed by atoms with E-state index in [0.717, 1.165) is 5.69 Å². The van der Waals surface area contributed by atoms with Crippen molar-refractivity contribution in [2.45, 2.75) is 0 Å². The minimum atomic E-state index is -0.160. The summed E-state index contributed by atoms with van der Waals surface area (Å²) in [7, 11) is 0. The molecular weight excluding hydrogens is 260 g/mol. The van der Waals surface area contributed by atoms with E-state index in [9.17, 15) is 4.79 Å². The minimum Gasteiger partial charge on any atom is -0.306 e. The number of amides is 1. The fourth-order valence-corrected chi connectivity index (χ4v) is 2.18. The standard InChI is InChI=1S/C13H10N4OS/c18-12(16-13-15-6-8-19-13)10-1-3-11(4-2-10)17-7-5-14-9-17/h1-9H,(H,15,16,18). The van der Waals surface area contributed by atoms with Gasteiger partial charge in [0.2, 0.25) is 0 Å². The second kappa shape index (κ2) is 5.03. The van der Waals surface area contributed by atoms with Crippen LogP contribution in [0.2, 0.25) is 0 Å². The van der Waals surface area contributed by atoms with Crippen LogP contribution in [0.5, 0.6) is 0 Å². The number of aromatic nitrogens is 3. The van der Waals surface area contributed by atoms with Crippen LogP contribution < -0.4 is 5.32 Å². The van der Waals surface area contributed by atoms with Crippen molar-refractivity contribution in [1.29, 1.82) is 0 Å². The third-order valence-corrected chi connectivity index (χ3v) is 3.27. The Bertz CT molecular complexity index is 659. The quantitative estimate of drug-likeness (QED) is 0.795. The highest BCUT2D eigenvalue weighted by molar-refractivity contribution is 7.13. The molecule has 6 heteroatoms. The second-order valence-electron chi connectivity index (χ2n) is 3.81. The smallest absolute Gasteiger partial charge is 0.257 e. The lowest BCUT2D eigenvalue weighted by atomic mass is 10.2. The van der Waals surface area contributed by atoms with Crippen LogP contribution in [-0.4, -0.2) is 20.4 Å². The van der Waals surface area contributed by atoms with Crippen LogP contribution in [0.3, 0.4) is 0 Å². The molecule has 19 heavy (non-hydrogen) atoms. The van der Waals surface area contributed by atoms with Crippen LogP contribution in [0.4, 0.5) is 5.13 Å². The molecule has 0 saturated heterocycles. The molecular formula is C13H10N4OS. The van der Waals surface area contributed by atoms with Gasteiger partial charge in [-0.25, -0.2) is 9.97 Å². The first-order valence-electron chi connectivity index (χ1n) is 5.62. The summed E-state index contributed by atoms with van der Waals surface area (Å²) in [4.78, 5) is 19.9. The van der Waals surface area contributed by atoms with E-state index in [1.807, 2.05) is 28.3 Å². The average molecular weight is 270 g/mol. The molecule has 0 atom stereocenters. The maximum absolute atomic E-state index is 11.9. The van der Waals surface area contributed by atoms with Gasteiger partial charge in [-0.05, 0) is 24.3 Å². The van der Waals surface area contributed by atoms with E-state index in [4.69, 9.17) is 0 Å². The Hall–Kier alpha value is -2.47. The molecule has 0 unspecified atom stereocenters. The highest BCUT2D eigenvalue weighted by atomic mass is 32.1. The molecule has 0 aliphatic heterocycles. The minimum absolute atomic E-state index is 0.160. The first-order chi connectivity index (χ1) is 9.33. The fraction of sp³-hybridized carbons (Fsp3) is 0. The second-order valence-corrected chi connectivity index (χ2v) is 4.70. The Kier molecular flexibility index (Phi) is 3.07. The number of imidazole rings is 1. The van der Waals surface area contributed by atoms with Crippen molar-refractivity contribution in [2.24, 2.45) is 0 Å². The van der Waals surface area contributed by atoms with E-state index in [1.54, 1.807) is 30.9 Å². The molecule has 1 N–H and O–H groups in total. The Morgan fingerprint density at radius 1 is 1.21 bits per heavy atom. The van der Waals surface area contributed by atoms with E-state index < -0.39 is 0 Å². The Balaban J connectivity index is 1.77. The summed E-state index contributed by atoms with van der Waals surface area (Å²) >= 11 is 1.39. The van der Waals surface area contributed by atoms with Crippen LogP contribution >= 0.6 is 11.3 Å². The Morgan fingerprint density at radius 2 is 2.05 bits per heavy atom. The van der Waals surface area contributed by atoms with Crippen molar-refractivity contribution in [3.05, 3.63) is 60.1 Å². The first-order valence-corrected chi connectivity index (χ1v) is 6.50. The summed E-state index contributed by atoms with van der Waals surface area (Å²) < 4.78 is 1.88. The maximum atomic E-state index is 11.9. The first kappa shape index (κ1) is 11.6. The van der Waals surface area contributed by atoms with Crippen molar-refractivity contribution in [3.63, 3.8) is 0 Å². The summed E-state index contributed by atoms with van der Waals surface area (Å²) in [6.45, 7) is 0. The SMILES string of the molecule is O=C(Nc1nccs1)c1ccc(-n2ccnc2)cc1. The Labute approximate surface area is 113 Å². The number of benzene rings is 1. The molecule has 0 radical (unpaired) electrons. The molecule has 0 saturated carbocycles. The molecule has 0 aliphatic carbocycles. The zero-order chi connectivity index (χ0) is 13.1. The predicted molar refractivity (Wildman–Crippen MR) is 73.6 cm³/mol. The van der Waals surface area contributed by atoms with Gasteiger partial charge in [0.1, 0.15) is 0 Å². The van der Waals surface area contributed by atoms with Crippen molar-refractivity contribution in [2.75, 3.05) is 5.32 Å². The summed E-state index contributed by atoms with van der Waals surface area (Å²) in [5.74, 6) is -0.160. The topological polar surface area (TPSA) is 59.8 Å². The van der Waals surface area contributed by atoms with Crippen LogP contribution in [0.25, 0.3) is 5.69 Å². The summed E-state index contributed by atoms with van der Waals surface area (Å²) in [5.41, 5.74) is 1.56. The summed E-state index contributed by atoms with van der Waals surface area (Å²) in [5, 5.41) is 5.16. The maximum Gasteiger partial charge on any atom is 0.257 e. The molecule has 94 valence electrons. The summed E-state index contributed by atoms with van der Waals surface area (Å²) in [6, 6.07) is 7.30. The molecule has 0 aliphatic rings. The Morgan fingerprint density at radius 3 is 2.68 bits per heavy atom. The van der Waals surface area contributed by atoms with Gasteiger partial charge in [0, 0.05) is 35.2 Å². The largest absolute Gasteiger partial charge is 0.306 e. The zero-order valence-electron chi connectivity index (χ0n) is 9.85. The number of hydrogen-bond donors (Lipinski definition) is 1. The number of hydrogen-bond acceptors (Lipinski definition) is 4. The number of anilines is 1. The van der Waals surface area contributed by atoms with E-state index >= 15 is 0 Å². The van der Waals surface area contributed by atoms with Gasteiger partial charge in [0.05, 0.1) is 6.33 Å². The van der Waals surface area contributed by atoms with Gasteiger partial charge in [0.15, 0.2) is 5.13 Å². The number of nitrogens with one attached hydrogen (secondary N) is 1. The highest BCUT2D eigenvalue weighted by Gasteiger charge is 2.07. The summed E-state index contributed by atoms with van der Waals surface area (Å²) in [6.07, 6.45) is 6.93. The van der Waals surface area contributed by atoms with E-state index in [-0.39, 0.29) is 5.91 Å². The molecule has 5 nitrogen and oxygen atoms in total. The van der Waals surface area contributed by atoms with Crippen LogP contribution in [0.15, 0.2) is 54.6 Å². The molecule has 2 aromatic heterocycles. The van der Waals surface area contributed by atoms with Gasteiger partial charge < -0.3 is 4.57 Å². The third-order valence-electron chi connectivity index (χ3n) is 2.58. The molecule has 3 aromatic rings. The molecule has 0 fully saturated rings. The molecule has 0 spiro atoms. The van der Waals surface area contributed by atoms with E-state index in [0.29, 0.717) is 10.7 Å². The van der Waals surface area contributed by atoms with Gasteiger partial charge in [0.25, 0.3) is 5.91 Å². The normalized spacial score (nSPS) is 10.3. The van der Waals surface area contributed by atoms with Crippen molar-refractivity contribution in [1.82, 2.24) is 14.5 Å². The number of nitrogens with zero attached hydrogens (tertiary/aromatic N) is 3. The van der Waals surface area contributed by atoms with Crippen LogP contribution in [0, 0.1) is 0 Å². The van der Waals surface area contributed by atoms with Gasteiger partial charge >= 0.3 is 0 Å². The third kappa shape index (κ3) is 2.53. The van der Waals surface area contributed by atoms with E-state index in [2.05, 4.69) is 15.3 Å². The van der Waals surface area contributed by atoms with Crippen molar-refractivity contribution < 1.29 is 4.79 Å². The van der Waals surface area contributed by atoms with Crippen LogP contribution in [-0.2, 0) is 0 Å². The van der Waals surface area contributed by atoms with Gasteiger partial charge in [-0.2, -0.15) is 0 Å². The molecule has 3 rings (SSSR count). The van der Waals surface area contributed by atoms with E-state index in [1.165, 1.54) is 11.3 Å². The average Bonchev–Trinajstić information content (AvgIpc) is 3.12. The lowest BCUT2D eigenvalue weighted by Crippen LogP contribution is -2.11. The molecule has 2 heterocycles. The van der Waals surface area contributed by atoms with Gasteiger partial charge in [-0.1, -0.05) is 0 Å². The molecule has 0 bridgehead atoms. The monoisotopic (exact) mass is 270 g/mol. The number of carbonyl (C=O) groups excluding carboxylic acids is 1. The predicted octanol–water partition coefficient (Wildman–Crippen LogP) is 2.58. The van der Waals surface area contributed by atoms with Crippen molar-refractivity contribution in [3.8, 4) is 5.69 Å². The zero-order valence-corrected chi connectivity index (χ0v) is 10.7. The number of rotatable bonds is 3. The lowest BCUT2D eigenvalue weighted by Gasteiger charge is -2.04. The highest BCUT2D eigenvalue weighted by Crippen LogP contribution is 2.14. The fourth-order valence-electron chi connectivity index (χ4n) is 1.65. The van der Waals surface area contributed by atoms with Gasteiger partial charge in [-0.3, -0.25) is 10.1 Å². The lowest BCUT2D eigenvalue weighted by molar-refractivity contribution is 0.102. The van der Waals surface area contributed by atoms with Gasteiger partial charge in [-0.15, -0.1) is 11.3 Å². The molecule has 1 aromatic carbocycles. The number of carbonyl (C=O) groups is 1. The van der Waals surface area contributed by atoms with Crippen LogP contribution in [0.1, 0.15) is 10.4 Å². The molecule has 1 amide bonds. The van der Waals surface area contributed by atoms with Crippen molar-refractivity contribution >= 4 is 22.4 Å². The number of thiazole rings is 1.